The number of anilines is 2. The summed E-state index contributed by atoms with van der Waals surface area (Å²) >= 11 is 6.12. The van der Waals surface area contributed by atoms with Crippen molar-refractivity contribution in [3.05, 3.63) is 58.6 Å². The van der Waals surface area contributed by atoms with Crippen molar-refractivity contribution in [3.63, 3.8) is 0 Å². The fourth-order valence-corrected chi connectivity index (χ4v) is 3.63. The van der Waals surface area contributed by atoms with Gasteiger partial charge in [0.05, 0.1) is 0 Å². The number of rotatable bonds is 3. The molecule has 1 aliphatic carbocycles. The zero-order valence-electron chi connectivity index (χ0n) is 14.0. The van der Waals surface area contributed by atoms with E-state index in [1.165, 1.54) is 0 Å². The molecule has 1 N–H and O–H groups in total. The van der Waals surface area contributed by atoms with E-state index in [2.05, 4.69) is 5.32 Å². The third kappa shape index (κ3) is 2.61. The van der Waals surface area contributed by atoms with E-state index < -0.39 is 5.41 Å². The van der Waals surface area contributed by atoms with Crippen LogP contribution in [0.3, 0.4) is 0 Å². The van der Waals surface area contributed by atoms with Gasteiger partial charge in [-0.3, -0.25) is 9.59 Å². The number of hydrogen-bond donors (Lipinski definition) is 1. The lowest BCUT2D eigenvalue weighted by Crippen LogP contribution is -2.42. The summed E-state index contributed by atoms with van der Waals surface area (Å²) in [5, 5.41) is 3.51. The van der Waals surface area contributed by atoms with Gasteiger partial charge >= 0.3 is 0 Å². The molecule has 2 aromatic carbocycles. The van der Waals surface area contributed by atoms with Crippen molar-refractivity contribution in [1.82, 2.24) is 0 Å². The Labute approximate surface area is 151 Å². The van der Waals surface area contributed by atoms with Crippen molar-refractivity contribution < 1.29 is 9.59 Å². The van der Waals surface area contributed by atoms with Crippen LogP contribution in [0.1, 0.15) is 24.0 Å². The molecule has 2 aromatic rings. The van der Waals surface area contributed by atoms with Crippen molar-refractivity contribution in [2.45, 2.75) is 26.2 Å². The first kappa shape index (κ1) is 16.2. The molecular weight excluding hydrogens is 336 g/mol. The summed E-state index contributed by atoms with van der Waals surface area (Å²) in [5.41, 5.74) is 2.64. The predicted octanol–water partition coefficient (Wildman–Crippen LogP) is 3.96. The van der Waals surface area contributed by atoms with Crippen molar-refractivity contribution in [2.75, 3.05) is 16.8 Å². The van der Waals surface area contributed by atoms with E-state index >= 15 is 0 Å². The van der Waals surface area contributed by atoms with Gasteiger partial charge in [0.1, 0.15) is 5.41 Å². The Morgan fingerprint density at radius 1 is 1.12 bits per heavy atom. The number of nitrogens with one attached hydrogen (secondary N) is 1. The number of carbonyl (C=O) groups is 2. The summed E-state index contributed by atoms with van der Waals surface area (Å²) in [6.07, 6.45) is 2.03. The Morgan fingerprint density at radius 2 is 1.88 bits per heavy atom. The fourth-order valence-electron chi connectivity index (χ4n) is 3.46. The van der Waals surface area contributed by atoms with Crippen molar-refractivity contribution in [3.8, 4) is 0 Å². The van der Waals surface area contributed by atoms with E-state index in [-0.39, 0.29) is 11.8 Å². The van der Waals surface area contributed by atoms with Gasteiger partial charge in [0.15, 0.2) is 0 Å². The van der Waals surface area contributed by atoms with Gasteiger partial charge in [-0.2, -0.15) is 0 Å². The molecule has 4 nitrogen and oxygen atoms in total. The molecule has 0 unspecified atom stereocenters. The van der Waals surface area contributed by atoms with Crippen LogP contribution < -0.4 is 10.2 Å². The number of carbonyl (C=O) groups excluding carboxylic acids is 2. The van der Waals surface area contributed by atoms with Gasteiger partial charge in [0.2, 0.25) is 11.8 Å². The minimum atomic E-state index is -0.938. The van der Waals surface area contributed by atoms with E-state index in [1.54, 1.807) is 17.0 Å². The number of halogens is 1. The number of amides is 2. The Morgan fingerprint density at radius 3 is 2.64 bits per heavy atom. The topological polar surface area (TPSA) is 49.4 Å². The van der Waals surface area contributed by atoms with E-state index in [0.29, 0.717) is 30.1 Å². The highest BCUT2D eigenvalue weighted by molar-refractivity contribution is 6.32. The average molecular weight is 355 g/mol. The molecule has 0 aromatic heterocycles. The summed E-state index contributed by atoms with van der Waals surface area (Å²) < 4.78 is 0. The largest absolute Gasteiger partial charge is 0.325 e. The Kier molecular flexibility index (Phi) is 3.80. The molecule has 2 amide bonds. The lowest BCUT2D eigenvalue weighted by molar-refractivity contribution is -0.132. The van der Waals surface area contributed by atoms with E-state index in [9.17, 15) is 9.59 Å². The van der Waals surface area contributed by atoms with Crippen LogP contribution in [0.2, 0.25) is 5.02 Å². The maximum absolute atomic E-state index is 13.1. The number of benzene rings is 2. The molecule has 4 rings (SSSR count). The van der Waals surface area contributed by atoms with Crippen molar-refractivity contribution >= 4 is 34.8 Å². The molecule has 0 bridgehead atoms. The molecule has 2 aliphatic rings. The predicted molar refractivity (Wildman–Crippen MR) is 99.0 cm³/mol. The second kappa shape index (κ2) is 5.88. The molecule has 1 fully saturated rings. The third-order valence-electron chi connectivity index (χ3n) is 5.24. The molecule has 1 heterocycles. The molecule has 0 atom stereocenters. The maximum atomic E-state index is 13.1. The Hall–Kier alpha value is -2.33. The Balaban J connectivity index is 1.57. The SMILES string of the molecule is Cc1c(Cl)cccc1NC(=O)C1(C(=O)N2CCc3ccccc32)CC1. The van der Waals surface area contributed by atoms with Crippen LogP contribution in [0.4, 0.5) is 11.4 Å². The first-order valence-electron chi connectivity index (χ1n) is 8.49. The quantitative estimate of drug-likeness (QED) is 0.848. The van der Waals surface area contributed by atoms with Crippen LogP contribution in [-0.2, 0) is 16.0 Å². The van der Waals surface area contributed by atoms with Gasteiger partial charge in [-0.05, 0) is 55.5 Å². The standard InChI is InChI=1S/C20H19ClN2O2/c1-13-15(21)6-4-7-16(13)22-18(24)20(10-11-20)19(25)23-12-9-14-5-2-3-8-17(14)23/h2-8H,9-12H2,1H3,(H,22,24). The average Bonchev–Trinajstić information content (AvgIpc) is 3.32. The molecule has 5 heteroatoms. The number of hydrogen-bond acceptors (Lipinski definition) is 2. The number of fused-ring (bicyclic) bond motifs is 1. The van der Waals surface area contributed by atoms with Gasteiger partial charge in [-0.1, -0.05) is 35.9 Å². The lowest BCUT2D eigenvalue weighted by atomic mass is 10.0. The van der Waals surface area contributed by atoms with E-state index in [0.717, 1.165) is 23.2 Å². The maximum Gasteiger partial charge on any atom is 0.242 e. The van der Waals surface area contributed by atoms with Gasteiger partial charge in [-0.25, -0.2) is 0 Å². The smallest absolute Gasteiger partial charge is 0.242 e. The van der Waals surface area contributed by atoms with E-state index in [4.69, 9.17) is 11.6 Å². The first-order chi connectivity index (χ1) is 12.0. The molecule has 0 radical (unpaired) electrons. The number of nitrogens with zero attached hydrogens (tertiary/aromatic N) is 1. The normalized spacial score (nSPS) is 17.1. The highest BCUT2D eigenvalue weighted by Crippen LogP contribution is 2.49. The van der Waals surface area contributed by atoms with Crippen LogP contribution in [0.25, 0.3) is 0 Å². The fraction of sp³-hybridized carbons (Fsp3) is 0.300. The summed E-state index contributed by atoms with van der Waals surface area (Å²) in [6.45, 7) is 2.50. The van der Waals surface area contributed by atoms with Crippen LogP contribution in [0, 0.1) is 12.3 Å². The van der Waals surface area contributed by atoms with Crippen LogP contribution in [0.5, 0.6) is 0 Å². The zero-order chi connectivity index (χ0) is 17.6. The lowest BCUT2D eigenvalue weighted by Gasteiger charge is -2.23. The highest BCUT2D eigenvalue weighted by Gasteiger charge is 2.58. The molecule has 25 heavy (non-hydrogen) atoms. The number of para-hydroxylation sites is 1. The summed E-state index contributed by atoms with van der Waals surface area (Å²) in [6, 6.07) is 13.3. The highest BCUT2D eigenvalue weighted by atomic mass is 35.5. The van der Waals surface area contributed by atoms with Gasteiger partial charge < -0.3 is 10.2 Å². The molecule has 1 aliphatic heterocycles. The van der Waals surface area contributed by atoms with Crippen LogP contribution in [-0.4, -0.2) is 18.4 Å². The molecule has 1 saturated carbocycles. The van der Waals surface area contributed by atoms with E-state index in [1.807, 2.05) is 37.3 Å². The summed E-state index contributed by atoms with van der Waals surface area (Å²) in [4.78, 5) is 27.8. The second-order valence-corrected chi connectivity index (χ2v) is 7.19. The van der Waals surface area contributed by atoms with Gasteiger partial charge in [0.25, 0.3) is 0 Å². The summed E-state index contributed by atoms with van der Waals surface area (Å²) in [7, 11) is 0. The van der Waals surface area contributed by atoms with Crippen LogP contribution >= 0.6 is 11.6 Å². The third-order valence-corrected chi connectivity index (χ3v) is 5.65. The second-order valence-electron chi connectivity index (χ2n) is 6.78. The van der Waals surface area contributed by atoms with Crippen molar-refractivity contribution in [2.24, 2.45) is 5.41 Å². The van der Waals surface area contributed by atoms with Crippen molar-refractivity contribution in [1.29, 1.82) is 0 Å². The van der Waals surface area contributed by atoms with Gasteiger partial charge in [0, 0.05) is 22.9 Å². The van der Waals surface area contributed by atoms with Gasteiger partial charge in [-0.15, -0.1) is 0 Å². The minimum absolute atomic E-state index is 0.0883. The molecular formula is C20H19ClN2O2. The Bertz CT molecular complexity index is 874. The monoisotopic (exact) mass is 354 g/mol. The minimum Gasteiger partial charge on any atom is -0.325 e. The first-order valence-corrected chi connectivity index (χ1v) is 8.87. The van der Waals surface area contributed by atoms with Crippen LogP contribution in [0.15, 0.2) is 42.5 Å². The molecule has 0 saturated heterocycles. The summed E-state index contributed by atoms with van der Waals surface area (Å²) in [5.74, 6) is -0.318. The zero-order valence-corrected chi connectivity index (χ0v) is 14.8. The molecule has 128 valence electrons. The molecule has 0 spiro atoms.